The molecule has 1 amide bonds. The lowest BCUT2D eigenvalue weighted by Gasteiger charge is -2.17. The maximum atomic E-state index is 13.3. The maximum Gasteiger partial charge on any atom is 0.350 e. The summed E-state index contributed by atoms with van der Waals surface area (Å²) in [4.78, 5) is 36.3. The number of rotatable bonds is 4. The van der Waals surface area contributed by atoms with Crippen molar-refractivity contribution < 1.29 is 23.5 Å². The number of hydrogen-bond acceptors (Lipinski definition) is 5. The molecule has 0 radical (unpaired) electrons. The number of esters is 1. The summed E-state index contributed by atoms with van der Waals surface area (Å²) >= 11 is 7.21. The molecule has 0 saturated heterocycles. The number of Topliss-reactive ketones (excluding diaryl/α,β-unsaturated/α-hetero) is 1. The summed E-state index contributed by atoms with van der Waals surface area (Å²) in [6, 6.07) is 8.99. The minimum atomic E-state index is -0.731. The van der Waals surface area contributed by atoms with Gasteiger partial charge in [0.05, 0.1) is 5.02 Å². The Bertz CT molecular complexity index is 1140. The quantitative estimate of drug-likeness (QED) is 0.496. The third kappa shape index (κ3) is 3.50. The van der Waals surface area contributed by atoms with Crippen molar-refractivity contribution in [3.8, 4) is 0 Å². The summed E-state index contributed by atoms with van der Waals surface area (Å²) in [5, 5.41) is 3.49. The number of benzene rings is 2. The Morgan fingerprint density at radius 1 is 1.18 bits per heavy atom. The number of anilines is 1. The van der Waals surface area contributed by atoms with E-state index in [1.807, 2.05) is 0 Å². The van der Waals surface area contributed by atoms with Gasteiger partial charge in [0.2, 0.25) is 5.91 Å². The topological polar surface area (TPSA) is 72.5 Å². The average Bonchev–Trinajstić information content (AvgIpc) is 3.01. The van der Waals surface area contributed by atoms with E-state index in [4.69, 9.17) is 16.3 Å². The van der Waals surface area contributed by atoms with Crippen LogP contribution in [0.3, 0.4) is 0 Å². The zero-order valence-electron chi connectivity index (χ0n) is 14.4. The van der Waals surface area contributed by atoms with Crippen molar-refractivity contribution >= 4 is 56.4 Å². The minimum Gasteiger partial charge on any atom is -0.453 e. The van der Waals surface area contributed by atoms with Crippen molar-refractivity contribution in [2.45, 2.75) is 12.8 Å². The zero-order valence-corrected chi connectivity index (χ0v) is 16.0. The molecule has 1 aliphatic rings. The van der Waals surface area contributed by atoms with Crippen molar-refractivity contribution in [1.29, 1.82) is 0 Å². The minimum absolute atomic E-state index is 0.0550. The second-order valence-corrected chi connectivity index (χ2v) is 7.74. The standard InChI is InChI=1S/C20H13ClFNO4S/c21-18-13-4-3-12(22)8-16(13)28-19(18)20(26)27-9-15(24)11-1-5-14-10(7-11)2-6-17(25)23-14/h1,3-5,7-8H,2,6,9H2,(H,23,25). The van der Waals surface area contributed by atoms with Crippen LogP contribution in [0.5, 0.6) is 0 Å². The molecule has 2 heterocycles. The van der Waals surface area contributed by atoms with Crippen LogP contribution in [0.2, 0.25) is 5.02 Å². The van der Waals surface area contributed by atoms with Gasteiger partial charge in [-0.3, -0.25) is 9.59 Å². The van der Waals surface area contributed by atoms with E-state index < -0.39 is 18.4 Å². The molecule has 3 aromatic rings. The number of thiophene rings is 1. The Morgan fingerprint density at radius 3 is 2.82 bits per heavy atom. The van der Waals surface area contributed by atoms with Crippen LogP contribution in [0.1, 0.15) is 32.0 Å². The largest absolute Gasteiger partial charge is 0.453 e. The number of carbonyl (C=O) groups is 3. The summed E-state index contributed by atoms with van der Waals surface area (Å²) in [7, 11) is 0. The number of aryl methyl sites for hydroxylation is 1. The Balaban J connectivity index is 1.47. The molecule has 0 atom stereocenters. The van der Waals surface area contributed by atoms with Crippen molar-refractivity contribution in [3.05, 3.63) is 63.2 Å². The summed E-state index contributed by atoms with van der Waals surface area (Å²) in [6.45, 7) is -0.442. The van der Waals surface area contributed by atoms with E-state index in [1.54, 1.807) is 18.2 Å². The first kappa shape index (κ1) is 18.6. The highest BCUT2D eigenvalue weighted by Crippen LogP contribution is 2.36. The van der Waals surface area contributed by atoms with Gasteiger partial charge in [-0.1, -0.05) is 11.6 Å². The van der Waals surface area contributed by atoms with Crippen LogP contribution in [0, 0.1) is 5.82 Å². The van der Waals surface area contributed by atoms with E-state index in [1.165, 1.54) is 18.2 Å². The van der Waals surface area contributed by atoms with Crippen LogP contribution in [-0.2, 0) is 16.0 Å². The number of carbonyl (C=O) groups excluding carboxylic acids is 3. The molecule has 1 N–H and O–H groups in total. The van der Waals surface area contributed by atoms with Crippen LogP contribution >= 0.6 is 22.9 Å². The van der Waals surface area contributed by atoms with Gasteiger partial charge in [-0.15, -0.1) is 11.3 Å². The maximum absolute atomic E-state index is 13.3. The average molecular weight is 418 g/mol. The van der Waals surface area contributed by atoms with E-state index in [9.17, 15) is 18.8 Å². The van der Waals surface area contributed by atoms with Gasteiger partial charge in [0, 0.05) is 27.8 Å². The Labute approximate surface area is 168 Å². The smallest absolute Gasteiger partial charge is 0.350 e. The molecule has 0 aliphatic carbocycles. The second-order valence-electron chi connectivity index (χ2n) is 6.31. The molecule has 1 aromatic heterocycles. The van der Waals surface area contributed by atoms with E-state index in [-0.39, 0.29) is 21.6 Å². The predicted molar refractivity (Wildman–Crippen MR) is 105 cm³/mol. The lowest BCUT2D eigenvalue weighted by atomic mass is 9.99. The highest BCUT2D eigenvalue weighted by Gasteiger charge is 2.21. The molecule has 142 valence electrons. The molecular weight excluding hydrogens is 405 g/mol. The fraction of sp³-hybridized carbons (Fsp3) is 0.150. The number of amides is 1. The van der Waals surface area contributed by atoms with Gasteiger partial charge < -0.3 is 10.1 Å². The molecular formula is C20H13ClFNO4S. The summed E-state index contributed by atoms with van der Waals surface area (Å²) in [6.07, 6.45) is 0.917. The first-order valence-corrected chi connectivity index (χ1v) is 9.62. The van der Waals surface area contributed by atoms with Gasteiger partial charge in [0.25, 0.3) is 0 Å². The Hall–Kier alpha value is -2.77. The number of ether oxygens (including phenoxy) is 1. The number of ketones is 1. The molecule has 0 bridgehead atoms. The zero-order chi connectivity index (χ0) is 19.8. The number of fused-ring (bicyclic) bond motifs is 2. The van der Waals surface area contributed by atoms with Gasteiger partial charge in [-0.25, -0.2) is 9.18 Å². The molecule has 5 nitrogen and oxygen atoms in total. The first-order valence-electron chi connectivity index (χ1n) is 8.43. The van der Waals surface area contributed by atoms with E-state index >= 15 is 0 Å². The van der Waals surface area contributed by atoms with Crippen molar-refractivity contribution in [2.75, 3.05) is 11.9 Å². The van der Waals surface area contributed by atoms with Gasteiger partial charge in [0.15, 0.2) is 12.4 Å². The third-order valence-electron chi connectivity index (χ3n) is 4.43. The highest BCUT2D eigenvalue weighted by molar-refractivity contribution is 7.21. The number of halogens is 2. The van der Waals surface area contributed by atoms with E-state index in [2.05, 4.69) is 5.32 Å². The van der Waals surface area contributed by atoms with Crippen LogP contribution in [0.4, 0.5) is 10.1 Å². The molecule has 1 aliphatic heterocycles. The summed E-state index contributed by atoms with van der Waals surface area (Å²) in [5.41, 5.74) is 1.95. The lowest BCUT2D eigenvalue weighted by molar-refractivity contribution is -0.116. The first-order chi connectivity index (χ1) is 13.4. The monoisotopic (exact) mass is 417 g/mol. The van der Waals surface area contributed by atoms with Gasteiger partial charge in [-0.2, -0.15) is 0 Å². The molecule has 0 saturated carbocycles. The predicted octanol–water partition coefficient (Wildman–Crippen LogP) is 4.62. The van der Waals surface area contributed by atoms with Gasteiger partial charge >= 0.3 is 5.97 Å². The summed E-state index contributed by atoms with van der Waals surface area (Å²) in [5.74, 6) is -1.58. The second kappa shape index (κ2) is 7.33. The third-order valence-corrected chi connectivity index (χ3v) is 6.07. The normalized spacial score (nSPS) is 13.1. The van der Waals surface area contributed by atoms with Crippen LogP contribution in [0.15, 0.2) is 36.4 Å². The number of nitrogens with one attached hydrogen (secondary N) is 1. The van der Waals surface area contributed by atoms with E-state index in [0.717, 1.165) is 16.9 Å². The highest BCUT2D eigenvalue weighted by atomic mass is 35.5. The van der Waals surface area contributed by atoms with Crippen LogP contribution in [-0.4, -0.2) is 24.3 Å². The fourth-order valence-electron chi connectivity index (χ4n) is 3.01. The van der Waals surface area contributed by atoms with Crippen LogP contribution in [0.25, 0.3) is 10.1 Å². The fourth-order valence-corrected chi connectivity index (χ4v) is 4.43. The van der Waals surface area contributed by atoms with Crippen molar-refractivity contribution in [1.82, 2.24) is 0 Å². The molecule has 0 spiro atoms. The SMILES string of the molecule is O=C1CCc2cc(C(=O)COC(=O)c3sc4cc(F)ccc4c3Cl)ccc2N1. The summed E-state index contributed by atoms with van der Waals surface area (Å²) < 4.78 is 19.0. The van der Waals surface area contributed by atoms with Crippen molar-refractivity contribution in [2.24, 2.45) is 0 Å². The Kier molecular flexibility index (Phi) is 4.87. The molecule has 0 unspecified atom stereocenters. The van der Waals surface area contributed by atoms with Gasteiger partial charge in [-0.05, 0) is 48.4 Å². The van der Waals surface area contributed by atoms with Gasteiger partial charge in [0.1, 0.15) is 10.7 Å². The molecule has 28 heavy (non-hydrogen) atoms. The molecule has 4 rings (SSSR count). The lowest BCUT2D eigenvalue weighted by Crippen LogP contribution is -2.20. The molecule has 8 heteroatoms. The molecule has 0 fully saturated rings. The number of hydrogen-bond donors (Lipinski definition) is 1. The van der Waals surface area contributed by atoms with Crippen LogP contribution < -0.4 is 5.32 Å². The van der Waals surface area contributed by atoms with Crippen molar-refractivity contribution in [3.63, 3.8) is 0 Å². The van der Waals surface area contributed by atoms with E-state index in [0.29, 0.717) is 34.2 Å². The molecule has 2 aromatic carbocycles. The Morgan fingerprint density at radius 2 is 2.00 bits per heavy atom.